The standard InChI is InChI=1S/C24H30Cl2O/c1-27-16-4-2-3-5-18-6-8-19(9-7-18)20-10-12-21(13-11-20)22-14-15-23(25)24(26)17-22/h10-15,17-19H,2-9,16H2,1H3/t18-,19-. The number of hydrogen-bond acceptors (Lipinski definition) is 1. The maximum Gasteiger partial charge on any atom is 0.0598 e. The number of methoxy groups -OCH3 is 1. The summed E-state index contributed by atoms with van der Waals surface area (Å²) in [5, 5.41) is 1.21. The predicted molar refractivity (Wildman–Crippen MR) is 117 cm³/mol. The van der Waals surface area contributed by atoms with Crippen LogP contribution in [-0.2, 0) is 4.74 Å². The maximum atomic E-state index is 6.15. The van der Waals surface area contributed by atoms with E-state index in [0.717, 1.165) is 24.0 Å². The molecule has 146 valence electrons. The second kappa shape index (κ2) is 10.5. The normalized spacial score (nSPS) is 20.0. The molecule has 0 saturated heterocycles. The van der Waals surface area contributed by atoms with Crippen LogP contribution in [0.3, 0.4) is 0 Å². The molecule has 0 atom stereocenters. The molecule has 0 aromatic heterocycles. The average Bonchev–Trinajstić information content (AvgIpc) is 2.71. The first-order valence-corrected chi connectivity index (χ1v) is 11.0. The van der Waals surface area contributed by atoms with Gasteiger partial charge in [-0.1, -0.05) is 72.8 Å². The van der Waals surface area contributed by atoms with Crippen LogP contribution in [-0.4, -0.2) is 13.7 Å². The monoisotopic (exact) mass is 404 g/mol. The lowest BCUT2D eigenvalue weighted by atomic mass is 9.77. The van der Waals surface area contributed by atoms with Gasteiger partial charge in [-0.15, -0.1) is 0 Å². The van der Waals surface area contributed by atoms with Crippen molar-refractivity contribution in [1.82, 2.24) is 0 Å². The SMILES string of the molecule is COCCCCC[C@H]1CC[C@H](c2ccc(-c3ccc(Cl)c(Cl)c3)cc2)CC1. The zero-order valence-electron chi connectivity index (χ0n) is 16.2. The van der Waals surface area contributed by atoms with Crippen LogP contribution in [0.5, 0.6) is 0 Å². The van der Waals surface area contributed by atoms with Gasteiger partial charge in [-0.25, -0.2) is 0 Å². The molecule has 2 aromatic rings. The summed E-state index contributed by atoms with van der Waals surface area (Å²) in [5.74, 6) is 1.65. The molecule has 27 heavy (non-hydrogen) atoms. The van der Waals surface area contributed by atoms with Crippen molar-refractivity contribution in [3.05, 3.63) is 58.1 Å². The van der Waals surface area contributed by atoms with Crippen LogP contribution in [0.2, 0.25) is 10.0 Å². The van der Waals surface area contributed by atoms with E-state index in [9.17, 15) is 0 Å². The van der Waals surface area contributed by atoms with Crippen molar-refractivity contribution in [1.29, 1.82) is 0 Å². The minimum atomic E-state index is 0.604. The third kappa shape index (κ3) is 5.98. The van der Waals surface area contributed by atoms with Gasteiger partial charge in [0.25, 0.3) is 0 Å². The van der Waals surface area contributed by atoms with E-state index in [0.29, 0.717) is 10.0 Å². The summed E-state index contributed by atoms with van der Waals surface area (Å²) in [5.41, 5.74) is 3.80. The zero-order chi connectivity index (χ0) is 19.1. The Bertz CT molecular complexity index is 703. The molecular weight excluding hydrogens is 375 g/mol. The minimum Gasteiger partial charge on any atom is -0.385 e. The summed E-state index contributed by atoms with van der Waals surface area (Å²) in [6, 6.07) is 14.9. The van der Waals surface area contributed by atoms with Gasteiger partial charge < -0.3 is 4.74 Å². The van der Waals surface area contributed by atoms with Gasteiger partial charge in [0.2, 0.25) is 0 Å². The highest BCUT2D eigenvalue weighted by Crippen LogP contribution is 2.38. The van der Waals surface area contributed by atoms with Crippen LogP contribution in [0.15, 0.2) is 42.5 Å². The predicted octanol–water partition coefficient (Wildman–Crippen LogP) is 8.14. The molecule has 2 aromatic carbocycles. The number of rotatable bonds is 8. The van der Waals surface area contributed by atoms with E-state index in [1.165, 1.54) is 62.5 Å². The van der Waals surface area contributed by atoms with Crippen LogP contribution in [0.4, 0.5) is 0 Å². The van der Waals surface area contributed by atoms with Gasteiger partial charge >= 0.3 is 0 Å². The molecule has 1 fully saturated rings. The lowest BCUT2D eigenvalue weighted by molar-refractivity contribution is 0.190. The molecule has 1 saturated carbocycles. The smallest absolute Gasteiger partial charge is 0.0598 e. The summed E-state index contributed by atoms with van der Waals surface area (Å²) in [6.45, 7) is 0.908. The molecule has 0 aliphatic heterocycles. The summed E-state index contributed by atoms with van der Waals surface area (Å²) >= 11 is 12.2. The van der Waals surface area contributed by atoms with Crippen LogP contribution < -0.4 is 0 Å². The Balaban J connectivity index is 1.49. The van der Waals surface area contributed by atoms with Gasteiger partial charge in [0, 0.05) is 13.7 Å². The number of benzene rings is 2. The molecule has 0 amide bonds. The first kappa shape index (κ1) is 20.7. The van der Waals surface area contributed by atoms with E-state index >= 15 is 0 Å². The van der Waals surface area contributed by atoms with E-state index in [-0.39, 0.29) is 0 Å². The molecule has 0 spiro atoms. The fourth-order valence-corrected chi connectivity index (χ4v) is 4.56. The highest BCUT2D eigenvalue weighted by molar-refractivity contribution is 6.42. The van der Waals surface area contributed by atoms with E-state index in [1.807, 2.05) is 18.2 Å². The molecule has 0 heterocycles. The number of ether oxygens (including phenoxy) is 1. The first-order valence-electron chi connectivity index (χ1n) is 10.2. The lowest BCUT2D eigenvalue weighted by Gasteiger charge is -2.29. The van der Waals surface area contributed by atoms with Crippen molar-refractivity contribution in [2.24, 2.45) is 5.92 Å². The Labute approximate surface area is 174 Å². The van der Waals surface area contributed by atoms with Crippen molar-refractivity contribution >= 4 is 23.2 Å². The second-order valence-corrected chi connectivity index (χ2v) is 8.63. The first-order chi connectivity index (χ1) is 13.2. The molecule has 0 radical (unpaired) electrons. The molecule has 0 bridgehead atoms. The Morgan fingerprint density at radius 2 is 1.52 bits per heavy atom. The van der Waals surface area contributed by atoms with Gasteiger partial charge in [-0.2, -0.15) is 0 Å². The number of halogens is 2. The van der Waals surface area contributed by atoms with Gasteiger partial charge in [0.05, 0.1) is 10.0 Å². The molecule has 3 rings (SSSR count). The van der Waals surface area contributed by atoms with E-state index in [2.05, 4.69) is 24.3 Å². The van der Waals surface area contributed by atoms with Crippen LogP contribution in [0, 0.1) is 5.92 Å². The van der Waals surface area contributed by atoms with Crippen molar-refractivity contribution < 1.29 is 4.74 Å². The van der Waals surface area contributed by atoms with Crippen LogP contribution in [0.25, 0.3) is 11.1 Å². The van der Waals surface area contributed by atoms with Crippen molar-refractivity contribution in [3.63, 3.8) is 0 Å². The number of unbranched alkanes of at least 4 members (excludes halogenated alkanes) is 2. The van der Waals surface area contributed by atoms with Crippen LogP contribution in [0.1, 0.15) is 62.8 Å². The van der Waals surface area contributed by atoms with E-state index in [1.54, 1.807) is 7.11 Å². The highest BCUT2D eigenvalue weighted by Gasteiger charge is 2.22. The second-order valence-electron chi connectivity index (χ2n) is 7.81. The Morgan fingerprint density at radius 3 is 2.19 bits per heavy atom. The third-order valence-electron chi connectivity index (χ3n) is 5.94. The molecule has 1 aliphatic carbocycles. The minimum absolute atomic E-state index is 0.604. The summed E-state index contributed by atoms with van der Waals surface area (Å²) in [7, 11) is 1.79. The van der Waals surface area contributed by atoms with Crippen molar-refractivity contribution in [2.75, 3.05) is 13.7 Å². The van der Waals surface area contributed by atoms with Crippen LogP contribution >= 0.6 is 23.2 Å². The molecule has 0 unspecified atom stereocenters. The van der Waals surface area contributed by atoms with Gasteiger partial charge in [-0.05, 0) is 72.8 Å². The largest absolute Gasteiger partial charge is 0.385 e. The maximum absolute atomic E-state index is 6.15. The summed E-state index contributed by atoms with van der Waals surface area (Å²) in [6.07, 6.45) is 10.7. The molecule has 1 nitrogen and oxygen atoms in total. The van der Waals surface area contributed by atoms with E-state index in [4.69, 9.17) is 27.9 Å². The van der Waals surface area contributed by atoms with Crippen molar-refractivity contribution in [3.8, 4) is 11.1 Å². The fraction of sp³-hybridized carbons (Fsp3) is 0.500. The summed E-state index contributed by atoms with van der Waals surface area (Å²) in [4.78, 5) is 0. The van der Waals surface area contributed by atoms with Gasteiger partial charge in [-0.3, -0.25) is 0 Å². The highest BCUT2D eigenvalue weighted by atomic mass is 35.5. The van der Waals surface area contributed by atoms with Crippen molar-refractivity contribution in [2.45, 2.75) is 57.3 Å². The lowest BCUT2D eigenvalue weighted by Crippen LogP contribution is -2.13. The zero-order valence-corrected chi connectivity index (χ0v) is 17.7. The molecule has 1 aliphatic rings. The average molecular weight is 405 g/mol. The summed E-state index contributed by atoms with van der Waals surface area (Å²) < 4.78 is 5.13. The Morgan fingerprint density at radius 1 is 0.815 bits per heavy atom. The quantitative estimate of drug-likeness (QED) is 0.403. The van der Waals surface area contributed by atoms with Gasteiger partial charge in [0.15, 0.2) is 0 Å². The molecule has 0 N–H and O–H groups in total. The molecular formula is C24H30Cl2O. The Hall–Kier alpha value is -1.02. The van der Waals surface area contributed by atoms with Gasteiger partial charge in [0.1, 0.15) is 0 Å². The number of hydrogen-bond donors (Lipinski definition) is 0. The Kier molecular flexibility index (Phi) is 8.06. The fourth-order valence-electron chi connectivity index (χ4n) is 4.26. The topological polar surface area (TPSA) is 9.23 Å². The van der Waals surface area contributed by atoms with E-state index < -0.39 is 0 Å². The third-order valence-corrected chi connectivity index (χ3v) is 6.68. The molecule has 3 heteroatoms.